The van der Waals surface area contributed by atoms with Gasteiger partial charge in [0.1, 0.15) is 29.7 Å². The normalized spacial score (nSPS) is 32.9. The second kappa shape index (κ2) is 8.09. The number of hydrogen-bond donors (Lipinski definition) is 4. The lowest BCUT2D eigenvalue weighted by Gasteiger charge is -2.46. The Morgan fingerprint density at radius 3 is 2.50 bits per heavy atom. The first-order chi connectivity index (χ1) is 14.3. The molecule has 0 unspecified atom stereocenters. The van der Waals surface area contributed by atoms with Crippen LogP contribution in [0.3, 0.4) is 0 Å². The fraction of sp³-hybridized carbons (Fsp3) is 0.455. The van der Waals surface area contributed by atoms with E-state index in [9.17, 15) is 20.4 Å². The standard InChI is InChI=1S/C22H25ClO7/c1-2-28-16-6-3-13(4-7-16)9-14-10-15(5-8-17(14)23)22-20(27)18(25)19(26)21(11-24,30-22)12-29-22/h3-8,10,18-20,24-27H,2,9,11-12H2,1H3/t18-,19-,20-,21-,22-/m0/s1. The molecule has 2 heterocycles. The lowest BCUT2D eigenvalue weighted by atomic mass is 9.83. The zero-order valence-electron chi connectivity index (χ0n) is 16.5. The Bertz CT molecular complexity index is 905. The first kappa shape index (κ1) is 21.5. The fourth-order valence-electron chi connectivity index (χ4n) is 4.09. The highest BCUT2D eigenvalue weighted by Gasteiger charge is 2.67. The highest BCUT2D eigenvalue weighted by Crippen LogP contribution is 2.49. The van der Waals surface area contributed by atoms with Gasteiger partial charge in [-0.2, -0.15) is 0 Å². The van der Waals surface area contributed by atoms with Crippen LogP contribution in [0.15, 0.2) is 42.5 Å². The summed E-state index contributed by atoms with van der Waals surface area (Å²) >= 11 is 6.41. The number of benzene rings is 2. The summed E-state index contributed by atoms with van der Waals surface area (Å²) in [7, 11) is 0. The van der Waals surface area contributed by atoms with Gasteiger partial charge in [-0.15, -0.1) is 0 Å². The van der Waals surface area contributed by atoms with E-state index in [-0.39, 0.29) is 6.61 Å². The number of ether oxygens (including phenoxy) is 3. The SMILES string of the molecule is CCOc1ccc(Cc2cc([C@]34OC[C@](CO)(O3)[C@@H](O)[C@H](O)[C@@H]4O)ccc2Cl)cc1. The van der Waals surface area contributed by atoms with Gasteiger partial charge in [-0.05, 0) is 48.7 Å². The molecule has 162 valence electrons. The second-order valence-corrected chi connectivity index (χ2v) is 8.13. The average molecular weight is 437 g/mol. The molecule has 5 atom stereocenters. The molecule has 0 amide bonds. The monoisotopic (exact) mass is 436 g/mol. The van der Waals surface area contributed by atoms with Crippen molar-refractivity contribution in [3.63, 3.8) is 0 Å². The molecule has 4 N–H and O–H groups in total. The van der Waals surface area contributed by atoms with Crippen LogP contribution in [-0.4, -0.2) is 64.2 Å². The quantitative estimate of drug-likeness (QED) is 0.541. The molecule has 2 fully saturated rings. The summed E-state index contributed by atoms with van der Waals surface area (Å²) in [5.74, 6) is -0.925. The van der Waals surface area contributed by atoms with E-state index in [1.807, 2.05) is 31.2 Å². The smallest absolute Gasteiger partial charge is 0.225 e. The van der Waals surface area contributed by atoms with Crippen molar-refractivity contribution in [3.05, 3.63) is 64.2 Å². The number of aliphatic hydroxyl groups is 4. The van der Waals surface area contributed by atoms with Crippen LogP contribution >= 0.6 is 11.6 Å². The van der Waals surface area contributed by atoms with Crippen LogP contribution in [0.4, 0.5) is 0 Å². The Balaban J connectivity index is 1.66. The van der Waals surface area contributed by atoms with Gasteiger partial charge in [0.05, 0.1) is 19.8 Å². The Labute approximate surface area is 179 Å². The third-order valence-electron chi connectivity index (χ3n) is 5.81. The van der Waals surface area contributed by atoms with E-state index in [4.69, 9.17) is 25.8 Å². The summed E-state index contributed by atoms with van der Waals surface area (Å²) in [4.78, 5) is 0. The molecule has 2 aliphatic rings. The molecule has 2 aliphatic heterocycles. The third kappa shape index (κ3) is 3.40. The Hall–Kier alpha value is -1.71. The number of aliphatic hydroxyl groups excluding tert-OH is 4. The summed E-state index contributed by atoms with van der Waals surface area (Å²) in [6, 6.07) is 12.7. The van der Waals surface area contributed by atoms with Crippen molar-refractivity contribution < 1.29 is 34.6 Å². The van der Waals surface area contributed by atoms with Crippen LogP contribution in [0.25, 0.3) is 0 Å². The van der Waals surface area contributed by atoms with Crippen molar-refractivity contribution in [3.8, 4) is 5.75 Å². The maximum Gasteiger partial charge on any atom is 0.225 e. The molecule has 7 nitrogen and oxygen atoms in total. The Morgan fingerprint density at radius 1 is 1.10 bits per heavy atom. The summed E-state index contributed by atoms with van der Waals surface area (Å²) in [6.45, 7) is 1.78. The van der Waals surface area contributed by atoms with Gasteiger partial charge >= 0.3 is 0 Å². The maximum atomic E-state index is 10.7. The fourth-order valence-corrected chi connectivity index (χ4v) is 4.28. The third-order valence-corrected chi connectivity index (χ3v) is 6.17. The summed E-state index contributed by atoms with van der Waals surface area (Å²) in [5.41, 5.74) is 0.719. The molecular weight excluding hydrogens is 412 g/mol. The molecule has 2 bridgehead atoms. The predicted octanol–water partition coefficient (Wildman–Crippen LogP) is 1.36. The molecule has 0 aromatic heterocycles. The van der Waals surface area contributed by atoms with E-state index in [2.05, 4.69) is 0 Å². The zero-order valence-corrected chi connectivity index (χ0v) is 17.2. The van der Waals surface area contributed by atoms with Crippen LogP contribution in [0.5, 0.6) is 5.75 Å². The lowest BCUT2D eigenvalue weighted by molar-refractivity contribution is -0.329. The van der Waals surface area contributed by atoms with Crippen molar-refractivity contribution in [2.75, 3.05) is 19.8 Å². The highest BCUT2D eigenvalue weighted by atomic mass is 35.5. The predicted molar refractivity (Wildman–Crippen MR) is 108 cm³/mol. The average Bonchev–Trinajstić information content (AvgIpc) is 3.14. The van der Waals surface area contributed by atoms with Crippen LogP contribution in [0, 0.1) is 0 Å². The van der Waals surface area contributed by atoms with Gasteiger partial charge in [0, 0.05) is 10.6 Å². The first-order valence-electron chi connectivity index (χ1n) is 9.85. The number of rotatable bonds is 6. The van der Waals surface area contributed by atoms with Gasteiger partial charge in [0.2, 0.25) is 5.79 Å². The molecule has 2 aromatic rings. The summed E-state index contributed by atoms with van der Waals surface area (Å²) < 4.78 is 17.1. The van der Waals surface area contributed by atoms with Gasteiger partial charge in [-0.25, -0.2) is 0 Å². The van der Waals surface area contributed by atoms with E-state index >= 15 is 0 Å². The van der Waals surface area contributed by atoms with E-state index in [0.29, 0.717) is 23.6 Å². The topological polar surface area (TPSA) is 109 Å². The van der Waals surface area contributed by atoms with Crippen molar-refractivity contribution in [2.45, 2.75) is 43.0 Å². The molecule has 4 rings (SSSR count). The van der Waals surface area contributed by atoms with E-state index < -0.39 is 36.3 Å². The molecule has 0 saturated carbocycles. The van der Waals surface area contributed by atoms with Crippen LogP contribution < -0.4 is 4.74 Å². The van der Waals surface area contributed by atoms with Crippen molar-refractivity contribution in [1.29, 1.82) is 0 Å². The van der Waals surface area contributed by atoms with Gasteiger partial charge < -0.3 is 34.6 Å². The summed E-state index contributed by atoms with van der Waals surface area (Å²) in [5, 5.41) is 41.7. The molecule has 0 radical (unpaired) electrons. The zero-order chi connectivity index (χ0) is 21.5. The first-order valence-corrected chi connectivity index (χ1v) is 10.2. The largest absolute Gasteiger partial charge is 0.494 e. The van der Waals surface area contributed by atoms with Crippen molar-refractivity contribution in [1.82, 2.24) is 0 Å². The minimum absolute atomic E-state index is 0.171. The minimum atomic E-state index is -1.71. The second-order valence-electron chi connectivity index (χ2n) is 7.72. The summed E-state index contributed by atoms with van der Waals surface area (Å²) in [6.07, 6.45) is -4.06. The van der Waals surface area contributed by atoms with Gasteiger partial charge in [-0.1, -0.05) is 29.8 Å². The van der Waals surface area contributed by atoms with Crippen molar-refractivity contribution in [2.24, 2.45) is 0 Å². The molecule has 0 aliphatic carbocycles. The Kier molecular flexibility index (Phi) is 5.80. The van der Waals surface area contributed by atoms with E-state index in [1.54, 1.807) is 18.2 Å². The van der Waals surface area contributed by atoms with E-state index in [0.717, 1.165) is 16.9 Å². The number of hydrogen-bond acceptors (Lipinski definition) is 7. The van der Waals surface area contributed by atoms with Gasteiger partial charge in [0.15, 0.2) is 0 Å². The number of halogens is 1. The number of fused-ring (bicyclic) bond motifs is 2. The van der Waals surface area contributed by atoms with Crippen LogP contribution in [0.1, 0.15) is 23.6 Å². The Morgan fingerprint density at radius 2 is 1.83 bits per heavy atom. The molecule has 30 heavy (non-hydrogen) atoms. The van der Waals surface area contributed by atoms with Crippen molar-refractivity contribution >= 4 is 11.6 Å². The van der Waals surface area contributed by atoms with Crippen LogP contribution in [-0.2, 0) is 21.7 Å². The van der Waals surface area contributed by atoms with Crippen LogP contribution in [0.2, 0.25) is 5.02 Å². The minimum Gasteiger partial charge on any atom is -0.494 e. The molecular formula is C22H25ClO7. The maximum absolute atomic E-state index is 10.7. The molecule has 0 spiro atoms. The van der Waals surface area contributed by atoms with Gasteiger partial charge in [0.25, 0.3) is 0 Å². The van der Waals surface area contributed by atoms with E-state index in [1.165, 1.54) is 0 Å². The van der Waals surface area contributed by atoms with Gasteiger partial charge in [-0.3, -0.25) is 0 Å². The molecule has 2 aromatic carbocycles. The molecule has 8 heteroatoms. The lowest BCUT2D eigenvalue weighted by Crippen LogP contribution is -2.65. The molecule has 2 saturated heterocycles. The highest BCUT2D eigenvalue weighted by molar-refractivity contribution is 6.31.